The summed E-state index contributed by atoms with van der Waals surface area (Å²) in [5.41, 5.74) is 0.722. The van der Waals surface area contributed by atoms with Crippen molar-refractivity contribution in [2.75, 3.05) is 12.3 Å². The molecule has 2 rings (SSSR count). The van der Waals surface area contributed by atoms with Gasteiger partial charge in [0.05, 0.1) is 0 Å². The van der Waals surface area contributed by atoms with Crippen molar-refractivity contribution >= 4 is 23.6 Å². The van der Waals surface area contributed by atoms with E-state index in [9.17, 15) is 14.0 Å². The molecule has 0 spiro atoms. The summed E-state index contributed by atoms with van der Waals surface area (Å²) < 4.78 is 13.6. The van der Waals surface area contributed by atoms with Gasteiger partial charge in [-0.25, -0.2) is 4.39 Å². The van der Waals surface area contributed by atoms with Crippen LogP contribution in [-0.2, 0) is 9.59 Å². The van der Waals surface area contributed by atoms with Crippen LogP contribution in [0, 0.1) is 11.7 Å². The molecule has 1 aromatic carbocycles. The number of benzene rings is 1. The SMILES string of the molecule is CCCCCNC(=O)C1CSC(c2cccc(F)c2)N1C(=O)C(C)C. The fourth-order valence-corrected chi connectivity index (χ4v) is 4.32. The maximum Gasteiger partial charge on any atom is 0.243 e. The zero-order valence-electron chi connectivity index (χ0n) is 15.1. The van der Waals surface area contributed by atoms with Crippen LogP contribution in [0.2, 0.25) is 0 Å². The number of amides is 2. The van der Waals surface area contributed by atoms with E-state index < -0.39 is 6.04 Å². The van der Waals surface area contributed by atoms with Crippen LogP contribution < -0.4 is 5.32 Å². The first-order chi connectivity index (χ1) is 12.0. The molecule has 1 aromatic rings. The third-order valence-electron chi connectivity index (χ3n) is 4.26. The monoisotopic (exact) mass is 366 g/mol. The minimum atomic E-state index is -0.505. The van der Waals surface area contributed by atoms with Gasteiger partial charge >= 0.3 is 0 Å². The van der Waals surface area contributed by atoms with Crippen LogP contribution in [0.15, 0.2) is 24.3 Å². The minimum absolute atomic E-state index is 0.0760. The van der Waals surface area contributed by atoms with Gasteiger partial charge in [-0.15, -0.1) is 11.8 Å². The van der Waals surface area contributed by atoms with E-state index in [2.05, 4.69) is 12.2 Å². The lowest BCUT2D eigenvalue weighted by molar-refractivity contribution is -0.142. The number of hydrogen-bond acceptors (Lipinski definition) is 3. The lowest BCUT2D eigenvalue weighted by Gasteiger charge is -2.30. The van der Waals surface area contributed by atoms with Gasteiger partial charge < -0.3 is 10.2 Å². The van der Waals surface area contributed by atoms with E-state index in [1.807, 2.05) is 19.9 Å². The van der Waals surface area contributed by atoms with Crippen LogP contribution in [0.25, 0.3) is 0 Å². The Kier molecular flexibility index (Phi) is 7.29. The first kappa shape index (κ1) is 19.8. The Morgan fingerprint density at radius 2 is 2.12 bits per heavy atom. The van der Waals surface area contributed by atoms with E-state index in [1.54, 1.807) is 11.0 Å². The molecule has 1 fully saturated rings. The summed E-state index contributed by atoms with van der Waals surface area (Å²) in [6.45, 7) is 6.39. The minimum Gasteiger partial charge on any atom is -0.354 e. The van der Waals surface area contributed by atoms with Crippen LogP contribution in [0.3, 0.4) is 0 Å². The second kappa shape index (κ2) is 9.22. The molecule has 1 N–H and O–H groups in total. The second-order valence-corrected chi connectivity index (χ2v) is 7.77. The van der Waals surface area contributed by atoms with Gasteiger partial charge in [0.2, 0.25) is 11.8 Å². The molecule has 2 unspecified atom stereocenters. The highest BCUT2D eigenvalue weighted by atomic mass is 32.2. The molecule has 2 amide bonds. The molecule has 0 bridgehead atoms. The number of nitrogens with one attached hydrogen (secondary N) is 1. The predicted molar refractivity (Wildman–Crippen MR) is 99.6 cm³/mol. The van der Waals surface area contributed by atoms with Crippen molar-refractivity contribution in [1.29, 1.82) is 0 Å². The molecule has 0 aromatic heterocycles. The summed E-state index contributed by atoms with van der Waals surface area (Å²) in [4.78, 5) is 27.0. The highest BCUT2D eigenvalue weighted by Crippen LogP contribution is 2.42. The summed E-state index contributed by atoms with van der Waals surface area (Å²) in [6.07, 6.45) is 3.10. The van der Waals surface area contributed by atoms with Crippen molar-refractivity contribution in [3.63, 3.8) is 0 Å². The summed E-state index contributed by atoms with van der Waals surface area (Å²) >= 11 is 1.52. The topological polar surface area (TPSA) is 49.4 Å². The average Bonchev–Trinajstić information content (AvgIpc) is 3.02. The Balaban J connectivity index is 2.17. The van der Waals surface area contributed by atoms with Crippen LogP contribution >= 0.6 is 11.8 Å². The molecule has 138 valence electrons. The van der Waals surface area contributed by atoms with Gasteiger partial charge in [0, 0.05) is 18.2 Å². The average molecular weight is 367 g/mol. The molecule has 0 saturated carbocycles. The molecule has 2 atom stereocenters. The first-order valence-corrected chi connectivity index (χ1v) is 9.97. The van der Waals surface area contributed by atoms with Crippen molar-refractivity contribution < 1.29 is 14.0 Å². The largest absolute Gasteiger partial charge is 0.354 e. The van der Waals surface area contributed by atoms with Crippen LogP contribution in [0.4, 0.5) is 4.39 Å². The molecule has 25 heavy (non-hydrogen) atoms. The molecular formula is C19H27FN2O2S. The summed E-state index contributed by atoms with van der Waals surface area (Å²) in [5, 5.41) is 2.62. The number of carbonyl (C=O) groups excluding carboxylic acids is 2. The standard InChI is InChI=1S/C19H27FN2O2S/c1-4-5-6-10-21-17(23)16-12-25-19(22(16)18(24)13(2)3)14-8-7-9-15(20)11-14/h7-9,11,13,16,19H,4-6,10,12H2,1-3H3,(H,21,23). The van der Waals surface area contributed by atoms with Crippen molar-refractivity contribution in [3.8, 4) is 0 Å². The van der Waals surface area contributed by atoms with Gasteiger partial charge in [0.1, 0.15) is 17.2 Å². The predicted octanol–water partition coefficient (Wildman–Crippen LogP) is 3.73. The highest BCUT2D eigenvalue weighted by molar-refractivity contribution is 7.99. The smallest absolute Gasteiger partial charge is 0.243 e. The number of halogens is 1. The maximum absolute atomic E-state index is 13.6. The van der Waals surface area contributed by atoms with E-state index in [1.165, 1.54) is 23.9 Å². The highest BCUT2D eigenvalue weighted by Gasteiger charge is 2.42. The molecule has 1 heterocycles. The Morgan fingerprint density at radius 3 is 2.76 bits per heavy atom. The Labute approximate surface area is 153 Å². The molecule has 1 aliphatic rings. The van der Waals surface area contributed by atoms with E-state index in [4.69, 9.17) is 0 Å². The fraction of sp³-hybridized carbons (Fsp3) is 0.579. The van der Waals surface area contributed by atoms with E-state index in [0.717, 1.165) is 24.8 Å². The molecule has 6 heteroatoms. The first-order valence-electron chi connectivity index (χ1n) is 8.92. The molecule has 0 radical (unpaired) electrons. The Morgan fingerprint density at radius 1 is 1.36 bits per heavy atom. The van der Waals surface area contributed by atoms with Crippen molar-refractivity contribution in [2.24, 2.45) is 5.92 Å². The maximum atomic E-state index is 13.6. The van der Waals surface area contributed by atoms with Gasteiger partial charge in [-0.05, 0) is 24.1 Å². The lowest BCUT2D eigenvalue weighted by Crippen LogP contribution is -2.49. The summed E-state index contributed by atoms with van der Waals surface area (Å²) in [5.74, 6) is -0.212. The zero-order chi connectivity index (χ0) is 18.4. The number of carbonyl (C=O) groups is 2. The molecule has 1 aliphatic heterocycles. The third kappa shape index (κ3) is 4.97. The van der Waals surface area contributed by atoms with Gasteiger partial charge in [0.15, 0.2) is 0 Å². The van der Waals surface area contributed by atoms with Crippen molar-refractivity contribution in [2.45, 2.75) is 51.4 Å². The normalized spacial score (nSPS) is 20.1. The molecule has 0 aliphatic carbocycles. The number of unbranched alkanes of at least 4 members (excludes halogenated alkanes) is 2. The van der Waals surface area contributed by atoms with Gasteiger partial charge in [0.25, 0.3) is 0 Å². The van der Waals surface area contributed by atoms with Crippen molar-refractivity contribution in [1.82, 2.24) is 10.2 Å². The Hall–Kier alpha value is -1.56. The summed E-state index contributed by atoms with van der Waals surface area (Å²) in [6, 6.07) is 5.77. The van der Waals surface area contributed by atoms with Crippen molar-refractivity contribution in [3.05, 3.63) is 35.6 Å². The summed E-state index contributed by atoms with van der Waals surface area (Å²) in [7, 11) is 0. The van der Waals surface area contributed by atoms with Crippen LogP contribution in [-0.4, -0.2) is 35.1 Å². The number of nitrogens with zero attached hydrogens (tertiary/aromatic N) is 1. The number of rotatable bonds is 7. The third-order valence-corrected chi connectivity index (χ3v) is 5.59. The number of hydrogen-bond donors (Lipinski definition) is 1. The molecule has 1 saturated heterocycles. The second-order valence-electron chi connectivity index (χ2n) is 6.65. The van der Waals surface area contributed by atoms with E-state index >= 15 is 0 Å². The fourth-order valence-electron chi connectivity index (χ4n) is 2.90. The van der Waals surface area contributed by atoms with Gasteiger partial charge in [-0.3, -0.25) is 9.59 Å². The quantitative estimate of drug-likeness (QED) is 0.748. The van der Waals surface area contributed by atoms with Crippen LogP contribution in [0.5, 0.6) is 0 Å². The lowest BCUT2D eigenvalue weighted by atomic mass is 10.1. The Bertz CT molecular complexity index is 609. The van der Waals surface area contributed by atoms with Crippen LogP contribution in [0.1, 0.15) is 51.0 Å². The van der Waals surface area contributed by atoms with E-state index in [-0.39, 0.29) is 28.9 Å². The molecular weight excluding hydrogens is 339 g/mol. The van der Waals surface area contributed by atoms with Gasteiger partial charge in [-0.1, -0.05) is 45.7 Å². The number of thioether (sulfide) groups is 1. The van der Waals surface area contributed by atoms with Gasteiger partial charge in [-0.2, -0.15) is 0 Å². The zero-order valence-corrected chi connectivity index (χ0v) is 15.9. The molecule has 4 nitrogen and oxygen atoms in total. The van der Waals surface area contributed by atoms with E-state index in [0.29, 0.717) is 12.3 Å².